The molecule has 1 aliphatic rings. The fraction of sp³-hybridized carbons (Fsp3) is 0.667. The van der Waals surface area contributed by atoms with Crippen molar-refractivity contribution in [2.24, 2.45) is 10.9 Å². The molecule has 2 rings (SSSR count). The molecule has 0 radical (unpaired) electrons. The minimum absolute atomic E-state index is 0.496. The zero-order valence-electron chi connectivity index (χ0n) is 17.5. The highest BCUT2D eigenvalue weighted by Gasteiger charge is 2.22. The van der Waals surface area contributed by atoms with Crippen molar-refractivity contribution in [1.82, 2.24) is 15.5 Å². The molecule has 1 atom stereocenters. The van der Waals surface area contributed by atoms with Crippen LogP contribution in [-0.2, 0) is 11.3 Å². The van der Waals surface area contributed by atoms with Gasteiger partial charge < -0.3 is 20.1 Å². The smallest absolute Gasteiger partial charge is 0.191 e. The Morgan fingerprint density at radius 1 is 1.26 bits per heavy atom. The molecule has 1 aromatic carbocycles. The van der Waals surface area contributed by atoms with Crippen molar-refractivity contribution in [2.75, 3.05) is 47.0 Å². The molecule has 0 saturated carbocycles. The van der Waals surface area contributed by atoms with E-state index in [1.54, 1.807) is 7.11 Å². The van der Waals surface area contributed by atoms with Gasteiger partial charge >= 0.3 is 0 Å². The van der Waals surface area contributed by atoms with Gasteiger partial charge in [-0.15, -0.1) is 0 Å². The predicted octanol–water partition coefficient (Wildman–Crippen LogP) is 2.42. The second-order valence-corrected chi connectivity index (χ2v) is 7.54. The highest BCUT2D eigenvalue weighted by atomic mass is 16.5. The van der Waals surface area contributed by atoms with Gasteiger partial charge in [-0.1, -0.05) is 26.0 Å². The number of guanidine groups is 1. The van der Waals surface area contributed by atoms with E-state index in [1.807, 2.05) is 13.1 Å². The average molecular weight is 377 g/mol. The van der Waals surface area contributed by atoms with Crippen LogP contribution >= 0.6 is 0 Å². The molecule has 0 aliphatic carbocycles. The van der Waals surface area contributed by atoms with Crippen molar-refractivity contribution in [3.8, 4) is 5.75 Å². The molecule has 1 aromatic rings. The fourth-order valence-electron chi connectivity index (χ4n) is 3.52. The lowest BCUT2D eigenvalue weighted by molar-refractivity contribution is 0.0132. The number of hydrogen-bond acceptors (Lipinski definition) is 4. The Bertz CT molecular complexity index is 598. The maximum absolute atomic E-state index is 5.51. The molecule has 0 aromatic heterocycles. The summed E-state index contributed by atoms with van der Waals surface area (Å²) in [5.41, 5.74) is 2.35. The monoisotopic (exact) mass is 376 g/mol. The molecular formula is C21H36N4O2. The first-order chi connectivity index (χ1) is 13.0. The molecular weight excluding hydrogens is 340 g/mol. The number of ether oxygens (including phenoxy) is 2. The van der Waals surface area contributed by atoms with Crippen LogP contribution in [0.5, 0.6) is 5.75 Å². The van der Waals surface area contributed by atoms with Crippen LogP contribution in [0.3, 0.4) is 0 Å². The lowest BCUT2D eigenvalue weighted by Crippen LogP contribution is -2.50. The number of aliphatic imine (C=N–C) groups is 1. The molecule has 2 N–H and O–H groups in total. The predicted molar refractivity (Wildman–Crippen MR) is 112 cm³/mol. The Kier molecular flexibility index (Phi) is 8.88. The first-order valence-electron chi connectivity index (χ1n) is 9.93. The van der Waals surface area contributed by atoms with Gasteiger partial charge in [0.1, 0.15) is 5.75 Å². The third-order valence-electron chi connectivity index (χ3n) is 4.95. The molecule has 0 amide bonds. The summed E-state index contributed by atoms with van der Waals surface area (Å²) in [6.07, 6.45) is 1.17. The first-order valence-corrected chi connectivity index (χ1v) is 9.93. The van der Waals surface area contributed by atoms with Crippen molar-refractivity contribution in [3.05, 3.63) is 29.3 Å². The van der Waals surface area contributed by atoms with Gasteiger partial charge in [0, 0.05) is 39.3 Å². The van der Waals surface area contributed by atoms with Crippen LogP contribution in [-0.4, -0.2) is 63.9 Å². The largest absolute Gasteiger partial charge is 0.496 e. The third-order valence-corrected chi connectivity index (χ3v) is 4.95. The van der Waals surface area contributed by atoms with Crippen LogP contribution in [0.4, 0.5) is 0 Å². The lowest BCUT2D eigenvalue weighted by Gasteiger charge is -2.35. The van der Waals surface area contributed by atoms with Crippen LogP contribution < -0.4 is 15.4 Å². The highest BCUT2D eigenvalue weighted by molar-refractivity contribution is 5.79. The number of hydrogen-bond donors (Lipinski definition) is 2. The van der Waals surface area contributed by atoms with Gasteiger partial charge in [0.2, 0.25) is 0 Å². The van der Waals surface area contributed by atoms with Crippen LogP contribution in [0.25, 0.3) is 0 Å². The van der Waals surface area contributed by atoms with E-state index in [-0.39, 0.29) is 0 Å². The third kappa shape index (κ3) is 7.03. The summed E-state index contributed by atoms with van der Waals surface area (Å²) in [7, 11) is 3.52. The number of benzene rings is 1. The number of aryl methyl sites for hydroxylation is 1. The van der Waals surface area contributed by atoms with Crippen LogP contribution in [0.15, 0.2) is 23.2 Å². The Hall–Kier alpha value is -1.79. The van der Waals surface area contributed by atoms with Crippen molar-refractivity contribution >= 4 is 5.96 Å². The van der Waals surface area contributed by atoms with Gasteiger partial charge in [0.05, 0.1) is 20.3 Å². The molecule has 1 fully saturated rings. The Balaban J connectivity index is 1.87. The molecule has 1 aliphatic heterocycles. The average Bonchev–Trinajstić information content (AvgIpc) is 2.67. The van der Waals surface area contributed by atoms with Gasteiger partial charge in [0.15, 0.2) is 5.96 Å². The SMILES string of the molecule is CN=C(NCc1ccc(OC)c(C)c1)NCC(CC(C)C)N1CCOCC1. The molecule has 0 bridgehead atoms. The van der Waals surface area contributed by atoms with E-state index in [9.17, 15) is 0 Å². The molecule has 1 saturated heterocycles. The van der Waals surface area contributed by atoms with Crippen LogP contribution in [0, 0.1) is 12.8 Å². The second kappa shape index (κ2) is 11.1. The van der Waals surface area contributed by atoms with Gasteiger partial charge in [0.25, 0.3) is 0 Å². The Morgan fingerprint density at radius 3 is 2.59 bits per heavy atom. The highest BCUT2D eigenvalue weighted by Crippen LogP contribution is 2.18. The number of morpholine rings is 1. The summed E-state index contributed by atoms with van der Waals surface area (Å²) in [6, 6.07) is 6.74. The topological polar surface area (TPSA) is 58.1 Å². The summed E-state index contributed by atoms with van der Waals surface area (Å²) < 4.78 is 10.8. The van der Waals surface area contributed by atoms with Crippen molar-refractivity contribution < 1.29 is 9.47 Å². The molecule has 6 nitrogen and oxygen atoms in total. The van der Waals surface area contributed by atoms with E-state index >= 15 is 0 Å². The number of methoxy groups -OCH3 is 1. The van der Waals surface area contributed by atoms with Gasteiger partial charge in [-0.2, -0.15) is 0 Å². The summed E-state index contributed by atoms with van der Waals surface area (Å²) >= 11 is 0. The van der Waals surface area contributed by atoms with Gasteiger partial charge in [-0.25, -0.2) is 0 Å². The maximum Gasteiger partial charge on any atom is 0.191 e. The van der Waals surface area contributed by atoms with Crippen molar-refractivity contribution in [1.29, 1.82) is 0 Å². The van der Waals surface area contributed by atoms with Crippen LogP contribution in [0.2, 0.25) is 0 Å². The number of rotatable bonds is 8. The number of nitrogens with zero attached hydrogens (tertiary/aromatic N) is 2. The summed E-state index contributed by atoms with van der Waals surface area (Å²) in [5.74, 6) is 2.42. The second-order valence-electron chi connectivity index (χ2n) is 7.54. The molecule has 27 heavy (non-hydrogen) atoms. The molecule has 1 unspecified atom stereocenters. The van der Waals surface area contributed by atoms with E-state index < -0.39 is 0 Å². The normalized spacial score (nSPS) is 17.0. The zero-order valence-corrected chi connectivity index (χ0v) is 17.5. The molecule has 6 heteroatoms. The van der Waals surface area contributed by atoms with Crippen LogP contribution in [0.1, 0.15) is 31.4 Å². The van der Waals surface area contributed by atoms with Gasteiger partial charge in [-0.05, 0) is 36.5 Å². The first kappa shape index (κ1) is 21.5. The molecule has 1 heterocycles. The Morgan fingerprint density at radius 2 is 2.00 bits per heavy atom. The minimum atomic E-state index is 0.496. The lowest BCUT2D eigenvalue weighted by atomic mass is 10.0. The van der Waals surface area contributed by atoms with Gasteiger partial charge in [-0.3, -0.25) is 9.89 Å². The standard InChI is InChI=1S/C21H36N4O2/c1-16(2)12-19(25-8-10-27-11-9-25)15-24-21(22-4)23-14-18-6-7-20(26-5)17(3)13-18/h6-7,13,16,19H,8-12,14-15H2,1-5H3,(H2,22,23,24). The van der Waals surface area contributed by atoms with Crippen molar-refractivity contribution in [3.63, 3.8) is 0 Å². The quantitative estimate of drug-likeness (QED) is 0.539. The zero-order chi connectivity index (χ0) is 19.6. The van der Waals surface area contributed by atoms with E-state index in [1.165, 1.54) is 12.0 Å². The summed E-state index contributed by atoms with van der Waals surface area (Å²) in [6.45, 7) is 11.9. The van der Waals surface area contributed by atoms with Crippen molar-refractivity contribution in [2.45, 2.75) is 39.8 Å². The van der Waals surface area contributed by atoms with E-state index in [0.717, 1.165) is 56.7 Å². The Labute approximate surface area is 164 Å². The molecule has 0 spiro atoms. The summed E-state index contributed by atoms with van der Waals surface area (Å²) in [4.78, 5) is 6.92. The van der Waals surface area contributed by atoms with E-state index in [2.05, 4.69) is 53.4 Å². The summed E-state index contributed by atoms with van der Waals surface area (Å²) in [5, 5.41) is 6.93. The number of nitrogens with one attached hydrogen (secondary N) is 2. The fourth-order valence-corrected chi connectivity index (χ4v) is 3.52. The minimum Gasteiger partial charge on any atom is -0.496 e. The molecule has 152 valence electrons. The van der Waals surface area contributed by atoms with E-state index in [0.29, 0.717) is 12.0 Å². The van der Waals surface area contributed by atoms with E-state index in [4.69, 9.17) is 9.47 Å². The maximum atomic E-state index is 5.51.